The summed E-state index contributed by atoms with van der Waals surface area (Å²) in [5.41, 5.74) is 1.63. The molecule has 58 heavy (non-hydrogen) atoms. The molecule has 10 nitrogen and oxygen atoms in total. The van der Waals surface area contributed by atoms with Crippen LogP contribution in [0.2, 0.25) is 0 Å². The van der Waals surface area contributed by atoms with E-state index in [2.05, 4.69) is 29.9 Å². The first-order chi connectivity index (χ1) is 27.5. The molecule has 4 aromatic heterocycles. The van der Waals surface area contributed by atoms with Gasteiger partial charge in [0.05, 0.1) is 11.4 Å². The molecule has 0 bridgehead atoms. The predicted molar refractivity (Wildman–Crippen MR) is 215 cm³/mol. The Bertz CT molecular complexity index is 1800. The molecular formula is C46H38N6O4Zn2. The molecule has 0 aliphatic carbocycles. The van der Waals surface area contributed by atoms with Crippen molar-refractivity contribution in [3.63, 3.8) is 0 Å². The Morgan fingerprint density at radius 1 is 0.293 bits per heavy atom. The molecule has 8 aromatic rings. The summed E-state index contributed by atoms with van der Waals surface area (Å²) >= 11 is 0. The molecule has 280 valence electrons. The van der Waals surface area contributed by atoms with Crippen LogP contribution in [0.4, 0.5) is 11.4 Å². The zero-order valence-electron chi connectivity index (χ0n) is 31.7. The minimum absolute atomic E-state index is 0. The number of pyridine rings is 4. The average molecular weight is 870 g/mol. The zero-order valence-corrected chi connectivity index (χ0v) is 37.6. The number of rotatable bonds is 4. The van der Waals surface area contributed by atoms with Gasteiger partial charge in [0.15, 0.2) is 0 Å². The number of aliphatic imine (C=N–C) groups is 2. The van der Waals surface area contributed by atoms with Crippen LogP contribution in [0.1, 0.15) is 11.1 Å². The van der Waals surface area contributed by atoms with E-state index in [0.717, 1.165) is 0 Å². The van der Waals surface area contributed by atoms with Crippen LogP contribution in [0.5, 0.6) is 23.0 Å². The second kappa shape index (κ2) is 32.5. The fourth-order valence-corrected chi connectivity index (χ4v) is 3.83. The molecule has 12 heteroatoms. The normalized spacial score (nSPS) is 9.24. The Morgan fingerprint density at radius 3 is 0.741 bits per heavy atom. The molecule has 0 atom stereocenters. The van der Waals surface area contributed by atoms with E-state index in [1.807, 2.05) is 72.8 Å². The van der Waals surface area contributed by atoms with Crippen molar-refractivity contribution >= 4 is 23.8 Å². The molecule has 0 aliphatic heterocycles. The summed E-state index contributed by atoms with van der Waals surface area (Å²) in [4.78, 5) is 23.1. The van der Waals surface area contributed by atoms with Gasteiger partial charge in [-0.25, -0.2) is 0 Å². The van der Waals surface area contributed by atoms with Crippen molar-refractivity contribution in [3.05, 3.63) is 231 Å². The van der Waals surface area contributed by atoms with Crippen LogP contribution in [-0.2, 0) is 39.0 Å². The van der Waals surface area contributed by atoms with Gasteiger partial charge >= 0.3 is 39.0 Å². The molecule has 0 saturated heterocycles. The molecule has 0 aliphatic rings. The molecule has 0 unspecified atom stereocenters. The molecule has 0 saturated carbocycles. The minimum Gasteiger partial charge on any atom is -0.872 e. The van der Waals surface area contributed by atoms with Gasteiger partial charge in [0.2, 0.25) is 0 Å². The third-order valence-corrected chi connectivity index (χ3v) is 6.52. The number of aromatic nitrogens is 4. The maximum absolute atomic E-state index is 11.4. The molecule has 4 heterocycles. The summed E-state index contributed by atoms with van der Waals surface area (Å²) in [6, 6.07) is 48.9. The fourth-order valence-electron chi connectivity index (χ4n) is 3.83. The third kappa shape index (κ3) is 22.6. The monoisotopic (exact) mass is 866 g/mol. The van der Waals surface area contributed by atoms with Crippen LogP contribution in [0.25, 0.3) is 0 Å². The number of nitrogens with zero attached hydrogens (tertiary/aromatic N) is 6. The topological polar surface area (TPSA) is 169 Å². The summed E-state index contributed by atoms with van der Waals surface area (Å²) < 4.78 is 0. The fraction of sp³-hybridized carbons (Fsp3) is 0. The van der Waals surface area contributed by atoms with Crippen molar-refractivity contribution in [1.29, 1.82) is 0 Å². The van der Waals surface area contributed by atoms with Crippen LogP contribution in [0, 0.1) is 0 Å². The van der Waals surface area contributed by atoms with Gasteiger partial charge < -0.3 is 20.4 Å². The van der Waals surface area contributed by atoms with E-state index < -0.39 is 0 Å². The SMILES string of the molecule is [O-]c1ccccc1C=Nc1ccccc1[O-].[O-]c1ccccc1C=Nc1ccccc1[O-].[Zn+2].[Zn+2].c1ccncc1.c1ccncc1.c1ccncc1.c1ccncc1. The van der Waals surface area contributed by atoms with Gasteiger partial charge in [-0.2, -0.15) is 0 Å². The van der Waals surface area contributed by atoms with Gasteiger partial charge in [0.1, 0.15) is 0 Å². The number of benzene rings is 4. The van der Waals surface area contributed by atoms with Crippen molar-refractivity contribution in [2.75, 3.05) is 0 Å². The Morgan fingerprint density at radius 2 is 0.534 bits per heavy atom. The van der Waals surface area contributed by atoms with Crippen molar-refractivity contribution < 1.29 is 59.4 Å². The number of hydrogen-bond donors (Lipinski definition) is 0. The predicted octanol–water partition coefficient (Wildman–Crippen LogP) is 7.49. The zero-order chi connectivity index (χ0) is 39.7. The van der Waals surface area contributed by atoms with Crippen LogP contribution < -0.4 is 20.4 Å². The summed E-state index contributed by atoms with van der Waals surface area (Å²) in [7, 11) is 0. The molecule has 0 fully saturated rings. The summed E-state index contributed by atoms with van der Waals surface area (Å²) in [6.45, 7) is 0. The van der Waals surface area contributed by atoms with Crippen LogP contribution in [0.3, 0.4) is 0 Å². The molecular weight excluding hydrogens is 831 g/mol. The first-order valence-electron chi connectivity index (χ1n) is 17.1. The second-order valence-electron chi connectivity index (χ2n) is 10.6. The van der Waals surface area contributed by atoms with E-state index >= 15 is 0 Å². The van der Waals surface area contributed by atoms with Crippen LogP contribution in [0.15, 0.2) is 229 Å². The third-order valence-electron chi connectivity index (χ3n) is 6.52. The number of hydrogen-bond acceptors (Lipinski definition) is 10. The first kappa shape index (κ1) is 49.3. The molecule has 8 rings (SSSR count). The van der Waals surface area contributed by atoms with Crippen molar-refractivity contribution in [1.82, 2.24) is 19.9 Å². The van der Waals surface area contributed by atoms with Crippen LogP contribution in [-0.4, -0.2) is 32.4 Å². The van der Waals surface area contributed by atoms with Gasteiger partial charge in [0, 0.05) is 62.0 Å². The maximum Gasteiger partial charge on any atom is 2.00 e. The van der Waals surface area contributed by atoms with E-state index in [-0.39, 0.29) is 62.0 Å². The van der Waals surface area contributed by atoms with E-state index in [9.17, 15) is 20.4 Å². The summed E-state index contributed by atoms with van der Waals surface area (Å²) in [6.07, 6.45) is 16.8. The van der Waals surface area contributed by atoms with Crippen molar-refractivity contribution in [2.45, 2.75) is 0 Å². The summed E-state index contributed by atoms with van der Waals surface area (Å²) in [5, 5.41) is 45.4. The van der Waals surface area contributed by atoms with Gasteiger partial charge in [-0.05, 0) is 71.8 Å². The molecule has 0 N–H and O–H groups in total. The summed E-state index contributed by atoms with van der Waals surface area (Å²) in [5.74, 6) is -0.506. The van der Waals surface area contributed by atoms with E-state index in [0.29, 0.717) is 22.5 Å². The maximum atomic E-state index is 11.4. The second-order valence-corrected chi connectivity index (χ2v) is 10.6. The van der Waals surface area contributed by atoms with E-state index in [4.69, 9.17) is 0 Å². The van der Waals surface area contributed by atoms with Crippen molar-refractivity contribution in [3.8, 4) is 23.0 Å². The average Bonchev–Trinajstić information content (AvgIpc) is 3.28. The molecule has 0 radical (unpaired) electrons. The molecule has 0 spiro atoms. The molecule has 0 amide bonds. The Labute approximate surface area is 364 Å². The van der Waals surface area contributed by atoms with Gasteiger partial charge in [0.25, 0.3) is 0 Å². The van der Waals surface area contributed by atoms with Crippen LogP contribution >= 0.6 is 0 Å². The molecule has 4 aromatic carbocycles. The minimum atomic E-state index is -0.151. The quantitative estimate of drug-likeness (QED) is 0.130. The van der Waals surface area contributed by atoms with Gasteiger partial charge in [-0.1, -0.05) is 121 Å². The number of para-hydroxylation sites is 6. The Balaban J connectivity index is 0.000000369. The Kier molecular flexibility index (Phi) is 27.6. The van der Waals surface area contributed by atoms with Gasteiger partial charge in [-0.3, -0.25) is 29.9 Å². The van der Waals surface area contributed by atoms with Crippen molar-refractivity contribution in [2.24, 2.45) is 9.98 Å². The standard InChI is InChI=1S/2C13H11NO2.4C5H5N.2Zn/c2*15-12-7-3-1-5-10(12)9-14-11-6-2-4-8-13(11)16;4*1-2-4-6-5-3-1;;/h2*1-9,15-16H;4*1-5H;;/q;;;;;;2*+2/p-4. The first-order valence-corrected chi connectivity index (χ1v) is 17.1. The largest absolute Gasteiger partial charge is 2.00 e. The smallest absolute Gasteiger partial charge is 0.872 e. The van der Waals surface area contributed by atoms with Gasteiger partial charge in [-0.15, -0.1) is 11.5 Å². The van der Waals surface area contributed by atoms with E-state index in [1.54, 1.807) is 122 Å². The Hall–Kier alpha value is -6.73. The van der Waals surface area contributed by atoms with E-state index in [1.165, 1.54) is 36.7 Å².